The summed E-state index contributed by atoms with van der Waals surface area (Å²) in [6.45, 7) is 23.5. The van der Waals surface area contributed by atoms with Gasteiger partial charge in [-0.15, -0.1) is 5.10 Å². The quantitative estimate of drug-likeness (QED) is 0.0153. The number of hydrogen-bond donors (Lipinski definition) is 12. The summed E-state index contributed by atoms with van der Waals surface area (Å²) in [5.74, 6) is -9.35. The molecular formula is C70H108N14O19. The van der Waals surface area contributed by atoms with Crippen molar-refractivity contribution in [2.75, 3.05) is 44.6 Å². The molecule has 0 aliphatic carbocycles. The molecule has 3 aromatic rings. The lowest BCUT2D eigenvalue weighted by atomic mass is 9.80. The van der Waals surface area contributed by atoms with Gasteiger partial charge in [0.2, 0.25) is 29.5 Å². The summed E-state index contributed by atoms with van der Waals surface area (Å²) in [6.07, 6.45) is 0.832. The number of alkyl carbamates (subject to hydrolysis) is 2. The van der Waals surface area contributed by atoms with Crippen LogP contribution in [0.4, 0.5) is 20.1 Å². The van der Waals surface area contributed by atoms with E-state index < -0.39 is 168 Å². The number of benzene rings is 2. The molecule has 0 saturated heterocycles. The molecule has 103 heavy (non-hydrogen) atoms. The molecule has 0 bridgehead atoms. The van der Waals surface area contributed by atoms with E-state index >= 15 is 0 Å². The maximum atomic E-state index is 14.5. The lowest BCUT2D eigenvalue weighted by Crippen LogP contribution is -2.73. The molecule has 3 rings (SSSR count). The molecule has 1 aromatic heterocycles. The molecule has 4 atom stereocenters. The Morgan fingerprint density at radius 2 is 1.02 bits per heavy atom. The standard InChI is InChI=1S/C70H108N14O19/c1-65(2,3)84(66(4,5)6)70(61(95)96,34-33-56(89)90)60(94)81-50(59(93)102-68(10,11)12)32-20-22-35-71-62(97)78-47-29-25-28-46(38-47)51-39-77-82-83(51)43-55(88)76-41-53(86)74-40-52(85)75-42-54(87)79-48(30-19-23-37-73-64(99)103-69(13,14)15)57(91)80-49(58(92)101-67(7,8)9)31-21-24-36-72-63(98)100-44-45-26-17-16-18-27-45/h16-18,25-29,38-39,48-50H,19-24,30-37,40-44H2,1-15H3,(H,72,98)(H,73,99)(H,74,86)(H,75,85)(H,76,88)(H,79,87)(H,80,91)(H,81,94)(H,89,90)(H,95,96)(H2,71,78,97)/t48-,49-,50-,70+/m0/s1. The van der Waals surface area contributed by atoms with Gasteiger partial charge in [0, 0.05) is 48.4 Å². The number of hydrogen-bond acceptors (Lipinski definition) is 20. The van der Waals surface area contributed by atoms with Crippen molar-refractivity contribution >= 4 is 83.2 Å². The van der Waals surface area contributed by atoms with Gasteiger partial charge in [-0.25, -0.2) is 33.4 Å². The van der Waals surface area contributed by atoms with E-state index in [1.165, 1.54) is 15.8 Å². The van der Waals surface area contributed by atoms with Crippen molar-refractivity contribution in [1.29, 1.82) is 0 Å². The number of nitrogens with zero attached hydrogens (tertiary/aromatic N) is 4. The zero-order valence-corrected chi connectivity index (χ0v) is 62.1. The molecule has 0 aliphatic rings. The number of aromatic nitrogens is 3. The van der Waals surface area contributed by atoms with Gasteiger partial charge in [-0.2, -0.15) is 0 Å². The van der Waals surface area contributed by atoms with Crippen LogP contribution >= 0.6 is 0 Å². The fourth-order valence-electron chi connectivity index (χ4n) is 10.8. The lowest BCUT2D eigenvalue weighted by Gasteiger charge is -2.54. The second-order valence-electron chi connectivity index (χ2n) is 29.5. The number of carbonyl (C=O) groups is 13. The summed E-state index contributed by atoms with van der Waals surface area (Å²) < 4.78 is 23.0. The molecule has 33 heteroatoms. The van der Waals surface area contributed by atoms with E-state index in [-0.39, 0.29) is 58.3 Å². The van der Waals surface area contributed by atoms with Crippen LogP contribution in [0.2, 0.25) is 0 Å². The van der Waals surface area contributed by atoms with Crippen molar-refractivity contribution in [2.45, 2.75) is 239 Å². The molecule has 572 valence electrons. The summed E-state index contributed by atoms with van der Waals surface area (Å²) in [6, 6.07) is 11.2. The zero-order valence-electron chi connectivity index (χ0n) is 62.1. The minimum absolute atomic E-state index is 0.0327. The van der Waals surface area contributed by atoms with E-state index in [2.05, 4.69) is 63.5 Å². The number of esters is 2. The van der Waals surface area contributed by atoms with Crippen molar-refractivity contribution in [3.8, 4) is 11.3 Å². The minimum Gasteiger partial charge on any atom is -0.481 e. The summed E-state index contributed by atoms with van der Waals surface area (Å²) in [4.78, 5) is 172. The van der Waals surface area contributed by atoms with E-state index in [9.17, 15) is 72.5 Å². The normalized spacial score (nSPS) is 13.2. The van der Waals surface area contributed by atoms with Gasteiger partial charge in [0.1, 0.15) is 48.1 Å². The summed E-state index contributed by atoms with van der Waals surface area (Å²) in [7, 11) is 0. The fraction of sp³-hybridized carbons (Fsp3) is 0.614. The molecule has 33 nitrogen and oxygen atoms in total. The molecule has 10 amide bonds. The van der Waals surface area contributed by atoms with Gasteiger partial charge >= 0.3 is 42.1 Å². The van der Waals surface area contributed by atoms with E-state index in [4.69, 9.17) is 18.9 Å². The number of carboxylic acids is 2. The second-order valence-corrected chi connectivity index (χ2v) is 29.5. The number of rotatable bonds is 39. The van der Waals surface area contributed by atoms with Gasteiger partial charge in [-0.05, 0) is 186 Å². The van der Waals surface area contributed by atoms with Crippen molar-refractivity contribution in [3.05, 3.63) is 66.4 Å². The highest BCUT2D eigenvalue weighted by atomic mass is 16.6. The highest BCUT2D eigenvalue weighted by Crippen LogP contribution is 2.38. The van der Waals surface area contributed by atoms with E-state index in [1.54, 1.807) is 128 Å². The van der Waals surface area contributed by atoms with Gasteiger partial charge in [0.15, 0.2) is 5.54 Å². The minimum atomic E-state index is -2.43. The number of carboxylic acid groups (broad SMARTS) is 2. The molecule has 0 spiro atoms. The third kappa shape index (κ3) is 33.6. The summed E-state index contributed by atoms with van der Waals surface area (Å²) in [5.41, 5.74) is -5.09. The van der Waals surface area contributed by atoms with Crippen LogP contribution in [0.5, 0.6) is 0 Å². The Labute approximate surface area is 601 Å². The van der Waals surface area contributed by atoms with Gasteiger partial charge in [0.25, 0.3) is 5.91 Å². The molecule has 0 fully saturated rings. The van der Waals surface area contributed by atoms with Gasteiger partial charge in [0.05, 0.1) is 31.5 Å². The van der Waals surface area contributed by atoms with Crippen LogP contribution in [0.15, 0.2) is 60.8 Å². The first kappa shape index (κ1) is 87.3. The Morgan fingerprint density at radius 3 is 1.53 bits per heavy atom. The number of amides is 10. The van der Waals surface area contributed by atoms with E-state index in [0.29, 0.717) is 42.6 Å². The smallest absolute Gasteiger partial charge is 0.407 e. The molecular weight excluding hydrogens is 1340 g/mol. The van der Waals surface area contributed by atoms with E-state index in [1.807, 2.05) is 30.3 Å². The predicted octanol–water partition coefficient (Wildman–Crippen LogP) is 5.10. The monoisotopic (exact) mass is 1450 g/mol. The number of aliphatic carboxylic acids is 2. The average Bonchev–Trinajstić information content (AvgIpc) is 1.28. The Hall–Kier alpha value is -9.95. The first-order valence-corrected chi connectivity index (χ1v) is 34.3. The first-order chi connectivity index (χ1) is 47.9. The summed E-state index contributed by atoms with van der Waals surface area (Å²) >= 11 is 0. The van der Waals surface area contributed by atoms with Crippen molar-refractivity contribution < 1.29 is 91.5 Å². The number of urea groups is 1. The molecule has 0 saturated carbocycles. The van der Waals surface area contributed by atoms with Gasteiger partial charge in [-0.3, -0.25) is 38.5 Å². The highest BCUT2D eigenvalue weighted by molar-refractivity contribution is 6.08. The number of carbonyl (C=O) groups excluding carboxylic acids is 11. The second kappa shape index (κ2) is 40.6. The number of ether oxygens (including phenoxy) is 4. The van der Waals surface area contributed by atoms with Crippen LogP contribution in [0.1, 0.15) is 180 Å². The first-order valence-electron chi connectivity index (χ1n) is 34.3. The van der Waals surface area contributed by atoms with Crippen LogP contribution in [-0.4, -0.2) is 198 Å². The van der Waals surface area contributed by atoms with Crippen molar-refractivity contribution in [3.63, 3.8) is 0 Å². The topological polar surface area (TPSA) is 454 Å². The van der Waals surface area contributed by atoms with Crippen LogP contribution in [0, 0.1) is 0 Å². The number of anilines is 1. The summed E-state index contributed by atoms with van der Waals surface area (Å²) in [5, 5.41) is 54.2. The Balaban J connectivity index is 1.56. The maximum absolute atomic E-state index is 14.5. The van der Waals surface area contributed by atoms with Crippen molar-refractivity contribution in [1.82, 2.24) is 67.7 Å². The van der Waals surface area contributed by atoms with Gasteiger partial charge in [-0.1, -0.05) is 47.7 Å². The predicted molar refractivity (Wildman–Crippen MR) is 378 cm³/mol. The molecule has 1 heterocycles. The van der Waals surface area contributed by atoms with Crippen LogP contribution in [-0.2, 0) is 80.0 Å². The van der Waals surface area contributed by atoms with Crippen LogP contribution < -0.4 is 53.2 Å². The third-order valence-corrected chi connectivity index (χ3v) is 14.7. The highest BCUT2D eigenvalue weighted by Gasteiger charge is 2.58. The zero-order chi connectivity index (χ0) is 77.5. The third-order valence-electron chi connectivity index (χ3n) is 14.7. The Kier molecular flexibility index (Phi) is 34.4. The molecule has 12 N–H and O–H groups in total. The SMILES string of the molecule is CC(C)(C)OC(=O)NCCCC[C@H](NC(=O)CNC(=O)CNC(=O)CNC(=O)Cn1nncc1-c1cccc(NC(=O)NCCCC[C@H](NC(=O)[C@](CCC(=O)O)(C(=O)O)N(C(C)(C)C)C(C)(C)C)C(=O)OC(C)(C)C)c1)C(=O)N[C@@H](CCCCNC(=O)OCc1ccccc1)C(=O)OC(C)(C)C. The van der Waals surface area contributed by atoms with Crippen LogP contribution in [0.25, 0.3) is 11.3 Å². The molecule has 2 aromatic carbocycles. The lowest BCUT2D eigenvalue weighted by molar-refractivity contribution is -0.175. The number of unbranched alkanes of at least 4 members (excludes halogenated alkanes) is 3. The van der Waals surface area contributed by atoms with E-state index in [0.717, 1.165) is 5.56 Å². The maximum Gasteiger partial charge on any atom is 0.407 e. The average molecular weight is 1450 g/mol. The van der Waals surface area contributed by atoms with Crippen LogP contribution in [0.3, 0.4) is 0 Å². The Morgan fingerprint density at radius 1 is 0.524 bits per heavy atom. The Bertz CT molecular complexity index is 3350. The largest absolute Gasteiger partial charge is 0.481 e. The molecule has 0 radical (unpaired) electrons. The van der Waals surface area contributed by atoms with Crippen molar-refractivity contribution in [2.24, 2.45) is 0 Å². The fourth-order valence-corrected chi connectivity index (χ4v) is 10.8. The molecule has 0 unspecified atom stereocenters. The molecule has 0 aliphatic heterocycles. The van der Waals surface area contributed by atoms with Gasteiger partial charge < -0.3 is 82.3 Å². The number of nitrogens with one attached hydrogen (secondary N) is 10.